The van der Waals surface area contributed by atoms with Crippen LogP contribution in [0.5, 0.6) is 0 Å². The third-order valence-electron chi connectivity index (χ3n) is 4.97. The van der Waals surface area contributed by atoms with E-state index in [4.69, 9.17) is 10.5 Å². The van der Waals surface area contributed by atoms with E-state index in [0.29, 0.717) is 11.4 Å². The zero-order valence-electron chi connectivity index (χ0n) is 12.8. The molecular formula is C17H25NO2S. The van der Waals surface area contributed by atoms with Gasteiger partial charge >= 0.3 is 0 Å². The number of ether oxygens (including phenoxy) is 1. The molecule has 1 saturated heterocycles. The Balaban J connectivity index is 1.65. The monoisotopic (exact) mass is 307 g/mol. The van der Waals surface area contributed by atoms with Gasteiger partial charge in [0.1, 0.15) is 0 Å². The summed E-state index contributed by atoms with van der Waals surface area (Å²) in [4.78, 5) is 0.767. The molecule has 2 atom stereocenters. The minimum Gasteiger partial charge on any atom is -0.398 e. The molecule has 1 aromatic rings. The molecule has 21 heavy (non-hydrogen) atoms. The molecule has 2 unspecified atom stereocenters. The number of hydrogen-bond acceptors (Lipinski definition) is 3. The molecule has 4 heteroatoms. The van der Waals surface area contributed by atoms with Gasteiger partial charge in [0.25, 0.3) is 0 Å². The van der Waals surface area contributed by atoms with Crippen LogP contribution in [0.25, 0.3) is 0 Å². The number of para-hydroxylation sites is 1. The summed E-state index contributed by atoms with van der Waals surface area (Å²) < 4.78 is 18.9. The highest BCUT2D eigenvalue weighted by Crippen LogP contribution is 2.42. The van der Waals surface area contributed by atoms with Crippen LogP contribution in [0.1, 0.15) is 50.5 Å². The number of nitrogen functional groups attached to an aromatic ring is 1. The van der Waals surface area contributed by atoms with Crippen molar-refractivity contribution in [3.05, 3.63) is 23.8 Å². The van der Waals surface area contributed by atoms with Gasteiger partial charge in [-0.15, -0.1) is 0 Å². The molecule has 2 fully saturated rings. The largest absolute Gasteiger partial charge is 0.398 e. The van der Waals surface area contributed by atoms with Crippen molar-refractivity contribution in [3.8, 4) is 0 Å². The van der Waals surface area contributed by atoms with E-state index in [1.54, 1.807) is 0 Å². The number of nitrogens with two attached hydrogens (primary N) is 1. The third-order valence-corrected chi connectivity index (χ3v) is 6.49. The first-order chi connectivity index (χ1) is 10.1. The van der Waals surface area contributed by atoms with Gasteiger partial charge in [-0.3, -0.25) is 4.21 Å². The number of rotatable bonds is 3. The number of hydrogen-bond donors (Lipinski definition) is 1. The average molecular weight is 307 g/mol. The molecule has 1 saturated carbocycles. The van der Waals surface area contributed by atoms with Gasteiger partial charge in [0.15, 0.2) is 0 Å². The molecule has 0 aromatic heterocycles. The highest BCUT2D eigenvalue weighted by atomic mass is 32.2. The lowest BCUT2D eigenvalue weighted by molar-refractivity contribution is -0.0557. The fourth-order valence-electron chi connectivity index (χ4n) is 3.69. The maximum atomic E-state index is 12.6. The Labute approximate surface area is 129 Å². The van der Waals surface area contributed by atoms with Crippen LogP contribution in [-0.2, 0) is 15.5 Å². The van der Waals surface area contributed by atoms with E-state index in [9.17, 15) is 4.21 Å². The zero-order chi connectivity index (χ0) is 14.9. The fraction of sp³-hybridized carbons (Fsp3) is 0.647. The van der Waals surface area contributed by atoms with Crippen molar-refractivity contribution in [1.82, 2.24) is 0 Å². The molecule has 0 amide bonds. The lowest BCUT2D eigenvalue weighted by Crippen LogP contribution is -2.32. The van der Waals surface area contributed by atoms with Crippen LogP contribution in [0.4, 0.5) is 5.69 Å². The summed E-state index contributed by atoms with van der Waals surface area (Å²) in [7, 11) is -1.07. The Morgan fingerprint density at radius 1 is 1.29 bits per heavy atom. The van der Waals surface area contributed by atoms with Gasteiger partial charge in [-0.25, -0.2) is 0 Å². The van der Waals surface area contributed by atoms with E-state index >= 15 is 0 Å². The molecule has 3 nitrogen and oxygen atoms in total. The van der Waals surface area contributed by atoms with Crippen LogP contribution in [0.15, 0.2) is 23.1 Å². The van der Waals surface area contributed by atoms with Gasteiger partial charge < -0.3 is 10.5 Å². The highest BCUT2D eigenvalue weighted by Gasteiger charge is 2.41. The minimum atomic E-state index is -1.07. The van der Waals surface area contributed by atoms with E-state index in [-0.39, 0.29) is 11.7 Å². The standard InChI is InChI=1S/C17H25NO2S/c1-13-6-5-7-15(16(13)18)21(19)12-14-8-11-17(20-14)9-3-2-4-10-17/h5-7,14H,2-4,8-12,18H2,1H3. The molecule has 1 aliphatic carbocycles. The van der Waals surface area contributed by atoms with Crippen molar-refractivity contribution in [2.45, 2.75) is 68.5 Å². The van der Waals surface area contributed by atoms with Gasteiger partial charge in [-0.05, 0) is 44.2 Å². The van der Waals surface area contributed by atoms with E-state index in [0.717, 1.165) is 23.3 Å². The predicted molar refractivity (Wildman–Crippen MR) is 86.8 cm³/mol. The second-order valence-corrected chi connectivity index (χ2v) is 7.99. The molecule has 1 aliphatic heterocycles. The quantitative estimate of drug-likeness (QED) is 0.869. The number of benzene rings is 1. The molecule has 2 N–H and O–H groups in total. The Hall–Kier alpha value is -0.870. The molecule has 1 heterocycles. The van der Waals surface area contributed by atoms with Gasteiger partial charge in [-0.1, -0.05) is 31.4 Å². The van der Waals surface area contributed by atoms with E-state index in [2.05, 4.69) is 0 Å². The normalized spacial score (nSPS) is 26.0. The van der Waals surface area contributed by atoms with Crippen LogP contribution in [0, 0.1) is 6.92 Å². The first-order valence-corrected chi connectivity index (χ1v) is 9.33. The van der Waals surface area contributed by atoms with Crippen LogP contribution in [-0.4, -0.2) is 21.7 Å². The van der Waals surface area contributed by atoms with Gasteiger partial charge in [0.05, 0.1) is 38.8 Å². The summed E-state index contributed by atoms with van der Waals surface area (Å²) in [5.74, 6) is 0.579. The average Bonchev–Trinajstić information content (AvgIpc) is 2.85. The van der Waals surface area contributed by atoms with Crippen LogP contribution in [0.2, 0.25) is 0 Å². The fourth-order valence-corrected chi connectivity index (χ4v) is 5.08. The second kappa shape index (κ2) is 6.09. The molecule has 116 valence electrons. The Kier molecular flexibility index (Phi) is 4.36. The molecule has 0 bridgehead atoms. The van der Waals surface area contributed by atoms with Gasteiger partial charge in [-0.2, -0.15) is 0 Å². The van der Waals surface area contributed by atoms with E-state index in [1.165, 1.54) is 32.1 Å². The Morgan fingerprint density at radius 3 is 2.81 bits per heavy atom. The molecule has 2 aliphatic rings. The van der Waals surface area contributed by atoms with Crippen molar-refractivity contribution in [1.29, 1.82) is 0 Å². The Morgan fingerprint density at radius 2 is 2.05 bits per heavy atom. The summed E-state index contributed by atoms with van der Waals surface area (Å²) in [6.07, 6.45) is 8.56. The second-order valence-electron chi connectivity index (χ2n) is 6.52. The smallest absolute Gasteiger partial charge is 0.0702 e. The maximum Gasteiger partial charge on any atom is 0.0702 e. The van der Waals surface area contributed by atoms with Gasteiger partial charge in [0.2, 0.25) is 0 Å². The molecular weight excluding hydrogens is 282 g/mol. The summed E-state index contributed by atoms with van der Waals surface area (Å²) in [5.41, 5.74) is 7.83. The first kappa shape index (κ1) is 15.0. The molecule has 3 rings (SSSR count). The van der Waals surface area contributed by atoms with Crippen LogP contribution >= 0.6 is 0 Å². The maximum absolute atomic E-state index is 12.6. The highest BCUT2D eigenvalue weighted by molar-refractivity contribution is 7.85. The number of aryl methyl sites for hydroxylation is 1. The lowest BCUT2D eigenvalue weighted by atomic mass is 9.83. The summed E-state index contributed by atoms with van der Waals surface area (Å²) in [5, 5.41) is 0. The molecule has 1 aromatic carbocycles. The van der Waals surface area contributed by atoms with E-state index in [1.807, 2.05) is 25.1 Å². The zero-order valence-corrected chi connectivity index (χ0v) is 13.6. The topological polar surface area (TPSA) is 52.3 Å². The van der Waals surface area contributed by atoms with E-state index < -0.39 is 10.8 Å². The van der Waals surface area contributed by atoms with Crippen molar-refractivity contribution in [3.63, 3.8) is 0 Å². The van der Waals surface area contributed by atoms with Crippen molar-refractivity contribution < 1.29 is 8.95 Å². The van der Waals surface area contributed by atoms with Crippen LogP contribution < -0.4 is 5.73 Å². The third kappa shape index (κ3) is 3.16. The summed E-state index contributed by atoms with van der Waals surface area (Å²) in [6, 6.07) is 5.76. The van der Waals surface area contributed by atoms with Crippen molar-refractivity contribution in [2.24, 2.45) is 0 Å². The number of anilines is 1. The lowest BCUT2D eigenvalue weighted by Gasteiger charge is -2.33. The van der Waals surface area contributed by atoms with Crippen molar-refractivity contribution >= 4 is 16.5 Å². The summed E-state index contributed by atoms with van der Waals surface area (Å²) >= 11 is 0. The first-order valence-electron chi connectivity index (χ1n) is 8.01. The molecule has 1 spiro atoms. The Bertz CT molecular complexity index is 538. The SMILES string of the molecule is Cc1cccc(S(=O)CC2CCC3(CCCCC3)O2)c1N. The van der Waals surface area contributed by atoms with Crippen molar-refractivity contribution in [2.75, 3.05) is 11.5 Å². The minimum absolute atomic E-state index is 0.102. The molecule has 0 radical (unpaired) electrons. The predicted octanol–water partition coefficient (Wildman–Crippen LogP) is 3.57. The van der Waals surface area contributed by atoms with Gasteiger partial charge in [0, 0.05) is 0 Å². The summed E-state index contributed by atoms with van der Waals surface area (Å²) in [6.45, 7) is 1.96. The van der Waals surface area contributed by atoms with Crippen LogP contribution in [0.3, 0.4) is 0 Å².